The van der Waals surface area contributed by atoms with E-state index in [2.05, 4.69) is 0 Å². The Hall–Kier alpha value is -3.02. The van der Waals surface area contributed by atoms with Crippen molar-refractivity contribution >= 4 is 11.9 Å². The van der Waals surface area contributed by atoms with Gasteiger partial charge in [0.1, 0.15) is 0 Å². The van der Waals surface area contributed by atoms with E-state index >= 15 is 0 Å². The van der Waals surface area contributed by atoms with Crippen molar-refractivity contribution in [3.63, 3.8) is 0 Å². The Morgan fingerprint density at radius 2 is 1.59 bits per heavy atom. The molecule has 0 amide bonds. The Morgan fingerprint density at radius 1 is 0.938 bits per heavy atom. The Labute approximate surface area is 189 Å². The molecule has 2 aromatic rings. The smallest absolute Gasteiger partial charge is 0.320 e. The van der Waals surface area contributed by atoms with Gasteiger partial charge in [0.25, 0.3) is 0 Å². The Bertz CT molecular complexity index is 898. The van der Waals surface area contributed by atoms with Crippen LogP contribution in [-0.4, -0.2) is 38.4 Å². The SMILES string of the molecule is CCOC(=O)C(Cc1ccccc1-c1ccc(OC)c(OC2CCCC2)c1)C(=O)OCC. The van der Waals surface area contributed by atoms with Gasteiger partial charge in [0, 0.05) is 0 Å². The lowest BCUT2D eigenvalue weighted by molar-refractivity contribution is -0.161. The molecule has 1 aliphatic carbocycles. The number of benzene rings is 2. The van der Waals surface area contributed by atoms with Crippen LogP contribution in [0.4, 0.5) is 0 Å². The van der Waals surface area contributed by atoms with E-state index in [-0.39, 0.29) is 25.7 Å². The quantitative estimate of drug-likeness (QED) is 0.384. The molecule has 3 rings (SSSR count). The van der Waals surface area contributed by atoms with Gasteiger partial charge in [-0.15, -0.1) is 0 Å². The van der Waals surface area contributed by atoms with Crippen LogP contribution in [0, 0.1) is 5.92 Å². The Kier molecular flexibility index (Phi) is 8.54. The summed E-state index contributed by atoms with van der Waals surface area (Å²) in [6, 6.07) is 13.6. The van der Waals surface area contributed by atoms with Gasteiger partial charge < -0.3 is 18.9 Å². The normalized spacial score (nSPS) is 13.8. The molecule has 2 aromatic carbocycles. The van der Waals surface area contributed by atoms with Gasteiger partial charge in [0.2, 0.25) is 0 Å². The van der Waals surface area contributed by atoms with Gasteiger partial charge in [-0.05, 0) is 74.8 Å². The minimum atomic E-state index is -1.01. The maximum absolute atomic E-state index is 12.5. The first kappa shape index (κ1) is 23.6. The highest BCUT2D eigenvalue weighted by Crippen LogP contribution is 2.37. The largest absolute Gasteiger partial charge is 0.493 e. The van der Waals surface area contributed by atoms with Gasteiger partial charge in [-0.2, -0.15) is 0 Å². The zero-order valence-electron chi connectivity index (χ0n) is 19.1. The van der Waals surface area contributed by atoms with Crippen molar-refractivity contribution in [2.45, 2.75) is 52.1 Å². The second kappa shape index (κ2) is 11.6. The molecule has 6 nitrogen and oxygen atoms in total. The molecule has 0 aromatic heterocycles. The lowest BCUT2D eigenvalue weighted by Crippen LogP contribution is -2.30. The fraction of sp³-hybridized carbons (Fsp3) is 0.462. The van der Waals surface area contributed by atoms with E-state index in [0.717, 1.165) is 29.5 Å². The molecule has 0 spiro atoms. The zero-order chi connectivity index (χ0) is 22.9. The van der Waals surface area contributed by atoms with Gasteiger partial charge in [-0.25, -0.2) is 0 Å². The van der Waals surface area contributed by atoms with Crippen LogP contribution in [0.2, 0.25) is 0 Å². The molecular weight excluding hydrogens is 408 g/mol. The number of methoxy groups -OCH3 is 1. The molecule has 1 saturated carbocycles. The van der Waals surface area contributed by atoms with Crippen molar-refractivity contribution in [2.24, 2.45) is 5.92 Å². The molecule has 0 heterocycles. The third-order valence-electron chi connectivity index (χ3n) is 5.65. The molecule has 1 fully saturated rings. The van der Waals surface area contributed by atoms with Crippen molar-refractivity contribution < 1.29 is 28.5 Å². The van der Waals surface area contributed by atoms with E-state index < -0.39 is 17.9 Å². The maximum atomic E-state index is 12.5. The second-order valence-electron chi connectivity index (χ2n) is 7.81. The molecule has 0 bridgehead atoms. The summed E-state index contributed by atoms with van der Waals surface area (Å²) in [5.41, 5.74) is 2.71. The van der Waals surface area contributed by atoms with Crippen molar-refractivity contribution in [3.05, 3.63) is 48.0 Å². The van der Waals surface area contributed by atoms with Gasteiger partial charge in [-0.3, -0.25) is 9.59 Å². The number of esters is 2. The zero-order valence-corrected chi connectivity index (χ0v) is 19.1. The first-order valence-corrected chi connectivity index (χ1v) is 11.3. The number of hydrogen-bond acceptors (Lipinski definition) is 6. The monoisotopic (exact) mass is 440 g/mol. The summed E-state index contributed by atoms with van der Waals surface area (Å²) in [6.45, 7) is 3.85. The summed E-state index contributed by atoms with van der Waals surface area (Å²) in [6.07, 6.45) is 4.84. The van der Waals surface area contributed by atoms with Crippen LogP contribution in [0.1, 0.15) is 45.1 Å². The van der Waals surface area contributed by atoms with Gasteiger partial charge >= 0.3 is 11.9 Å². The molecule has 0 aliphatic heterocycles. The summed E-state index contributed by atoms with van der Waals surface area (Å²) < 4.78 is 22.0. The molecule has 32 heavy (non-hydrogen) atoms. The number of ether oxygens (including phenoxy) is 4. The van der Waals surface area contributed by atoms with E-state index in [1.165, 1.54) is 12.8 Å². The fourth-order valence-corrected chi connectivity index (χ4v) is 4.07. The van der Waals surface area contributed by atoms with Crippen molar-refractivity contribution in [1.82, 2.24) is 0 Å². The van der Waals surface area contributed by atoms with Crippen LogP contribution in [0.3, 0.4) is 0 Å². The fourth-order valence-electron chi connectivity index (χ4n) is 4.07. The average Bonchev–Trinajstić information content (AvgIpc) is 3.31. The predicted octanol–water partition coefficient (Wildman–Crippen LogP) is 4.97. The highest BCUT2D eigenvalue weighted by molar-refractivity contribution is 5.95. The van der Waals surface area contributed by atoms with Crippen LogP contribution in [0.15, 0.2) is 42.5 Å². The maximum Gasteiger partial charge on any atom is 0.320 e. The molecule has 0 saturated heterocycles. The van der Waals surface area contributed by atoms with E-state index in [9.17, 15) is 9.59 Å². The van der Waals surface area contributed by atoms with E-state index in [0.29, 0.717) is 11.5 Å². The van der Waals surface area contributed by atoms with Crippen LogP contribution >= 0.6 is 0 Å². The minimum Gasteiger partial charge on any atom is -0.493 e. The summed E-state index contributed by atoms with van der Waals surface area (Å²) in [5, 5.41) is 0. The summed E-state index contributed by atoms with van der Waals surface area (Å²) in [4.78, 5) is 25.0. The number of carbonyl (C=O) groups excluding carboxylic acids is 2. The topological polar surface area (TPSA) is 71.1 Å². The minimum absolute atomic E-state index is 0.193. The van der Waals surface area contributed by atoms with Gasteiger partial charge in [-0.1, -0.05) is 30.3 Å². The Morgan fingerprint density at radius 3 is 2.22 bits per heavy atom. The lowest BCUT2D eigenvalue weighted by atomic mass is 9.92. The van der Waals surface area contributed by atoms with Crippen molar-refractivity contribution in [2.75, 3.05) is 20.3 Å². The molecule has 0 unspecified atom stereocenters. The van der Waals surface area contributed by atoms with E-state index in [4.69, 9.17) is 18.9 Å². The summed E-state index contributed by atoms with van der Waals surface area (Å²) in [5.74, 6) is -0.752. The highest BCUT2D eigenvalue weighted by atomic mass is 16.6. The number of carbonyl (C=O) groups is 2. The second-order valence-corrected chi connectivity index (χ2v) is 7.81. The van der Waals surface area contributed by atoms with Crippen molar-refractivity contribution in [1.29, 1.82) is 0 Å². The van der Waals surface area contributed by atoms with Crippen LogP contribution < -0.4 is 9.47 Å². The first-order valence-electron chi connectivity index (χ1n) is 11.3. The summed E-state index contributed by atoms with van der Waals surface area (Å²) >= 11 is 0. The van der Waals surface area contributed by atoms with E-state index in [1.54, 1.807) is 21.0 Å². The average molecular weight is 441 g/mol. The molecule has 172 valence electrons. The molecule has 0 N–H and O–H groups in total. The third-order valence-corrected chi connectivity index (χ3v) is 5.65. The van der Waals surface area contributed by atoms with Crippen LogP contribution in [0.5, 0.6) is 11.5 Å². The standard InChI is InChI=1S/C26H32O6/c1-4-30-25(27)22(26(28)31-5-2)16-18-10-6-9-13-21(18)19-14-15-23(29-3)24(17-19)32-20-11-7-8-12-20/h6,9-10,13-15,17,20,22H,4-5,7-8,11-12,16H2,1-3H3. The summed E-state index contributed by atoms with van der Waals surface area (Å²) in [7, 11) is 1.63. The number of hydrogen-bond donors (Lipinski definition) is 0. The van der Waals surface area contributed by atoms with Crippen molar-refractivity contribution in [3.8, 4) is 22.6 Å². The molecule has 6 heteroatoms. The van der Waals surface area contributed by atoms with Gasteiger partial charge in [0.15, 0.2) is 17.4 Å². The highest BCUT2D eigenvalue weighted by Gasteiger charge is 2.30. The van der Waals surface area contributed by atoms with Gasteiger partial charge in [0.05, 0.1) is 26.4 Å². The molecular formula is C26H32O6. The lowest BCUT2D eigenvalue weighted by Gasteiger charge is -2.19. The molecule has 1 aliphatic rings. The van der Waals surface area contributed by atoms with Crippen LogP contribution in [-0.2, 0) is 25.5 Å². The predicted molar refractivity (Wildman–Crippen MR) is 122 cm³/mol. The molecule has 0 atom stereocenters. The third kappa shape index (κ3) is 5.81. The molecule has 0 radical (unpaired) electrons. The van der Waals surface area contributed by atoms with E-state index in [1.807, 2.05) is 42.5 Å². The number of rotatable bonds is 10. The first-order chi connectivity index (χ1) is 15.6. The Balaban J connectivity index is 1.92. The van der Waals surface area contributed by atoms with Crippen LogP contribution in [0.25, 0.3) is 11.1 Å².